The first kappa shape index (κ1) is 16.4. The van der Waals surface area contributed by atoms with E-state index in [4.69, 9.17) is 14.2 Å². The Hall–Kier alpha value is -3.74. The number of rotatable bonds is 5. The molecule has 0 saturated heterocycles. The fourth-order valence-electron chi connectivity index (χ4n) is 3.24. The summed E-state index contributed by atoms with van der Waals surface area (Å²) in [5.74, 6) is 3.07. The maximum Gasteiger partial charge on any atom is 0.231 e. The largest absolute Gasteiger partial charge is 0.497 e. The van der Waals surface area contributed by atoms with E-state index in [9.17, 15) is 0 Å². The predicted octanol–water partition coefficient (Wildman–Crippen LogP) is 3.75. The molecular formula is C21H18N4O3. The van der Waals surface area contributed by atoms with Crippen molar-refractivity contribution in [3.8, 4) is 28.5 Å². The molecule has 0 radical (unpaired) electrons. The summed E-state index contributed by atoms with van der Waals surface area (Å²) >= 11 is 0. The zero-order valence-corrected chi connectivity index (χ0v) is 15.3. The summed E-state index contributed by atoms with van der Waals surface area (Å²) in [6.07, 6.45) is 5.53. The molecule has 1 aliphatic heterocycles. The molecular weight excluding hydrogens is 356 g/mol. The molecule has 0 saturated carbocycles. The Balaban J connectivity index is 1.44. The first-order valence-electron chi connectivity index (χ1n) is 8.91. The summed E-state index contributed by atoms with van der Waals surface area (Å²) in [6.45, 7) is 0.897. The lowest BCUT2D eigenvalue weighted by Crippen LogP contribution is -2.05. The standard InChI is InChI=1S/C21H18N4O3/c1-26-16-5-2-14(3-6-16)11-23-20-21-22-8-9-25(21)17(12-24-20)15-4-7-18-19(10-15)28-13-27-18/h2-10,12H,11,13H2,1H3,(H,23,24). The van der Waals surface area contributed by atoms with Gasteiger partial charge in [0, 0.05) is 24.5 Å². The van der Waals surface area contributed by atoms with Crippen LogP contribution in [0.25, 0.3) is 16.9 Å². The number of ether oxygens (including phenoxy) is 3. The average Bonchev–Trinajstić information content (AvgIpc) is 3.41. The molecule has 1 aliphatic rings. The second-order valence-electron chi connectivity index (χ2n) is 6.38. The zero-order valence-electron chi connectivity index (χ0n) is 15.3. The molecule has 0 bridgehead atoms. The number of methoxy groups -OCH3 is 1. The van der Waals surface area contributed by atoms with Crippen molar-refractivity contribution in [3.63, 3.8) is 0 Å². The number of fused-ring (bicyclic) bond motifs is 2. The number of nitrogens with zero attached hydrogens (tertiary/aromatic N) is 3. The normalized spacial score (nSPS) is 12.3. The van der Waals surface area contributed by atoms with Crippen LogP contribution in [0.4, 0.5) is 5.82 Å². The number of hydrogen-bond donors (Lipinski definition) is 1. The lowest BCUT2D eigenvalue weighted by molar-refractivity contribution is 0.174. The summed E-state index contributed by atoms with van der Waals surface area (Å²) in [6, 6.07) is 13.8. The molecule has 7 heteroatoms. The zero-order chi connectivity index (χ0) is 18.9. The van der Waals surface area contributed by atoms with Crippen LogP contribution in [0.1, 0.15) is 5.56 Å². The molecule has 140 valence electrons. The van der Waals surface area contributed by atoms with Crippen LogP contribution in [-0.4, -0.2) is 28.3 Å². The Kier molecular flexibility index (Phi) is 3.97. The van der Waals surface area contributed by atoms with E-state index in [1.54, 1.807) is 13.3 Å². The molecule has 0 amide bonds. The number of nitrogens with one attached hydrogen (secondary N) is 1. The van der Waals surface area contributed by atoms with Gasteiger partial charge in [-0.3, -0.25) is 4.40 Å². The van der Waals surface area contributed by atoms with Gasteiger partial charge in [0.25, 0.3) is 0 Å². The molecule has 4 aromatic rings. The van der Waals surface area contributed by atoms with Gasteiger partial charge in [0.2, 0.25) is 6.79 Å². The van der Waals surface area contributed by atoms with Crippen LogP contribution in [0.5, 0.6) is 17.2 Å². The minimum atomic E-state index is 0.256. The molecule has 5 rings (SSSR count). The molecule has 2 aromatic carbocycles. The van der Waals surface area contributed by atoms with E-state index in [2.05, 4.69) is 15.3 Å². The van der Waals surface area contributed by atoms with Crippen LogP contribution < -0.4 is 19.5 Å². The van der Waals surface area contributed by atoms with E-state index in [0.29, 0.717) is 6.54 Å². The van der Waals surface area contributed by atoms with Crippen molar-refractivity contribution < 1.29 is 14.2 Å². The van der Waals surface area contributed by atoms with Gasteiger partial charge in [-0.2, -0.15) is 0 Å². The van der Waals surface area contributed by atoms with Crippen LogP contribution in [-0.2, 0) is 6.54 Å². The van der Waals surface area contributed by atoms with Crippen LogP contribution in [0, 0.1) is 0 Å². The molecule has 0 aliphatic carbocycles. The fraction of sp³-hybridized carbons (Fsp3) is 0.143. The summed E-state index contributed by atoms with van der Waals surface area (Å²) in [5.41, 5.74) is 3.82. The highest BCUT2D eigenvalue weighted by atomic mass is 16.7. The van der Waals surface area contributed by atoms with Crippen LogP contribution in [0.15, 0.2) is 61.1 Å². The van der Waals surface area contributed by atoms with Crippen molar-refractivity contribution in [2.75, 3.05) is 19.2 Å². The monoisotopic (exact) mass is 374 g/mol. The van der Waals surface area contributed by atoms with Gasteiger partial charge in [0.1, 0.15) is 5.75 Å². The highest BCUT2D eigenvalue weighted by Gasteiger charge is 2.16. The lowest BCUT2D eigenvalue weighted by atomic mass is 10.1. The Labute approximate surface area is 161 Å². The van der Waals surface area contributed by atoms with Crippen LogP contribution in [0.3, 0.4) is 0 Å². The number of hydrogen-bond acceptors (Lipinski definition) is 6. The molecule has 0 atom stereocenters. The van der Waals surface area contributed by atoms with E-state index < -0.39 is 0 Å². The molecule has 3 heterocycles. The minimum Gasteiger partial charge on any atom is -0.497 e. The topological polar surface area (TPSA) is 69.9 Å². The summed E-state index contributed by atoms with van der Waals surface area (Å²) in [7, 11) is 1.66. The number of benzene rings is 2. The van der Waals surface area contributed by atoms with Crippen molar-refractivity contribution in [1.82, 2.24) is 14.4 Å². The van der Waals surface area contributed by atoms with Gasteiger partial charge >= 0.3 is 0 Å². The molecule has 1 N–H and O–H groups in total. The van der Waals surface area contributed by atoms with E-state index >= 15 is 0 Å². The smallest absolute Gasteiger partial charge is 0.231 e. The van der Waals surface area contributed by atoms with Crippen molar-refractivity contribution in [3.05, 3.63) is 66.6 Å². The van der Waals surface area contributed by atoms with E-state index in [1.165, 1.54) is 0 Å². The quantitative estimate of drug-likeness (QED) is 0.574. The number of imidazole rings is 1. The second-order valence-corrected chi connectivity index (χ2v) is 6.38. The van der Waals surface area contributed by atoms with Crippen molar-refractivity contribution in [2.24, 2.45) is 0 Å². The van der Waals surface area contributed by atoms with Crippen molar-refractivity contribution in [2.45, 2.75) is 6.54 Å². The number of anilines is 1. The lowest BCUT2D eigenvalue weighted by Gasteiger charge is -2.11. The highest BCUT2D eigenvalue weighted by molar-refractivity contribution is 5.72. The average molecular weight is 374 g/mol. The summed E-state index contributed by atoms with van der Waals surface area (Å²) in [5, 5.41) is 3.37. The highest BCUT2D eigenvalue weighted by Crippen LogP contribution is 2.36. The Morgan fingerprint density at radius 2 is 1.93 bits per heavy atom. The third kappa shape index (κ3) is 2.87. The van der Waals surface area contributed by atoms with Gasteiger partial charge in [0.15, 0.2) is 23.0 Å². The van der Waals surface area contributed by atoms with Gasteiger partial charge in [0.05, 0.1) is 19.0 Å². The third-order valence-electron chi connectivity index (χ3n) is 4.72. The predicted molar refractivity (Wildman–Crippen MR) is 105 cm³/mol. The Morgan fingerprint density at radius 3 is 2.79 bits per heavy atom. The van der Waals surface area contributed by atoms with Gasteiger partial charge < -0.3 is 19.5 Å². The van der Waals surface area contributed by atoms with Crippen LogP contribution in [0.2, 0.25) is 0 Å². The van der Waals surface area contributed by atoms with Gasteiger partial charge in [-0.25, -0.2) is 9.97 Å². The van der Waals surface area contributed by atoms with E-state index in [1.807, 2.05) is 59.3 Å². The maximum absolute atomic E-state index is 5.49. The van der Waals surface area contributed by atoms with Gasteiger partial charge in [-0.15, -0.1) is 0 Å². The SMILES string of the molecule is COc1ccc(CNc2ncc(-c3ccc4c(c3)OCO4)n3ccnc23)cc1. The molecule has 0 fully saturated rings. The molecule has 2 aromatic heterocycles. The summed E-state index contributed by atoms with van der Waals surface area (Å²) < 4.78 is 18.1. The van der Waals surface area contributed by atoms with Crippen LogP contribution >= 0.6 is 0 Å². The van der Waals surface area contributed by atoms with Gasteiger partial charge in [-0.1, -0.05) is 12.1 Å². The minimum absolute atomic E-state index is 0.256. The van der Waals surface area contributed by atoms with E-state index in [0.717, 1.165) is 45.5 Å². The van der Waals surface area contributed by atoms with E-state index in [-0.39, 0.29) is 6.79 Å². The molecule has 28 heavy (non-hydrogen) atoms. The molecule has 0 unspecified atom stereocenters. The maximum atomic E-state index is 5.49. The first-order valence-corrected chi connectivity index (χ1v) is 8.91. The van der Waals surface area contributed by atoms with Gasteiger partial charge in [-0.05, 0) is 35.9 Å². The first-order chi connectivity index (χ1) is 13.8. The van der Waals surface area contributed by atoms with Crippen molar-refractivity contribution >= 4 is 11.5 Å². The number of aromatic nitrogens is 3. The fourth-order valence-corrected chi connectivity index (χ4v) is 3.24. The van der Waals surface area contributed by atoms with Crippen molar-refractivity contribution in [1.29, 1.82) is 0 Å². The molecule has 7 nitrogen and oxygen atoms in total. The molecule has 0 spiro atoms. The third-order valence-corrected chi connectivity index (χ3v) is 4.72. The summed E-state index contributed by atoms with van der Waals surface area (Å²) in [4.78, 5) is 9.09. The second kappa shape index (κ2) is 6.77. The Bertz CT molecular complexity index is 1140. The Morgan fingerprint density at radius 1 is 1.07 bits per heavy atom.